The Balaban J connectivity index is 1.89. The zero-order valence-corrected chi connectivity index (χ0v) is 11.6. The summed E-state index contributed by atoms with van der Waals surface area (Å²) in [6.07, 6.45) is 0. The van der Waals surface area contributed by atoms with E-state index in [9.17, 15) is 9.18 Å². The molecule has 0 saturated carbocycles. The molecule has 0 aliphatic carbocycles. The van der Waals surface area contributed by atoms with E-state index >= 15 is 0 Å². The lowest BCUT2D eigenvalue weighted by Gasteiger charge is -1.94. The first kappa shape index (κ1) is 13.5. The largest absolute Gasteiger partial charge is 0.429 e. The summed E-state index contributed by atoms with van der Waals surface area (Å²) >= 11 is 1.24. The number of amides is 1. The van der Waals surface area contributed by atoms with Crippen LogP contribution in [0.4, 0.5) is 4.39 Å². The van der Waals surface area contributed by atoms with Crippen molar-refractivity contribution in [3.8, 4) is 11.3 Å². The number of carbonyl (C=O) groups is 1. The van der Waals surface area contributed by atoms with Crippen molar-refractivity contribution in [2.24, 2.45) is 4.99 Å². The normalized spacial score (nSPS) is 11.6. The molecule has 0 bridgehead atoms. The SMILES string of the molecule is O=C(N=c1oc(-c2ccccc2)cs1)c1ccc(F)cc1. The molecule has 21 heavy (non-hydrogen) atoms. The van der Waals surface area contributed by atoms with Crippen molar-refractivity contribution in [1.82, 2.24) is 0 Å². The van der Waals surface area contributed by atoms with Crippen LogP contribution in [0.1, 0.15) is 10.4 Å². The second-order valence-electron chi connectivity index (χ2n) is 4.26. The van der Waals surface area contributed by atoms with Gasteiger partial charge in [0, 0.05) is 16.5 Å². The highest BCUT2D eigenvalue weighted by atomic mass is 32.1. The van der Waals surface area contributed by atoms with Crippen LogP contribution in [0.25, 0.3) is 11.3 Å². The van der Waals surface area contributed by atoms with Gasteiger partial charge in [-0.1, -0.05) is 41.7 Å². The Bertz CT molecular complexity index is 819. The van der Waals surface area contributed by atoms with Crippen LogP contribution in [0.5, 0.6) is 0 Å². The molecule has 0 fully saturated rings. The van der Waals surface area contributed by atoms with E-state index in [1.165, 1.54) is 35.6 Å². The van der Waals surface area contributed by atoms with Gasteiger partial charge in [0.25, 0.3) is 10.8 Å². The minimum Gasteiger partial charge on any atom is -0.429 e. The van der Waals surface area contributed by atoms with E-state index in [4.69, 9.17) is 4.42 Å². The Morgan fingerprint density at radius 3 is 2.48 bits per heavy atom. The molecule has 0 aliphatic rings. The second-order valence-corrected chi connectivity index (χ2v) is 5.08. The van der Waals surface area contributed by atoms with Gasteiger partial charge in [-0.05, 0) is 24.3 Å². The van der Waals surface area contributed by atoms with Crippen LogP contribution in [0.2, 0.25) is 0 Å². The molecule has 0 radical (unpaired) electrons. The van der Waals surface area contributed by atoms with Gasteiger partial charge in [-0.2, -0.15) is 4.99 Å². The summed E-state index contributed by atoms with van der Waals surface area (Å²) in [6.45, 7) is 0. The molecule has 3 nitrogen and oxygen atoms in total. The number of rotatable bonds is 2. The molecule has 0 saturated heterocycles. The van der Waals surface area contributed by atoms with Crippen molar-refractivity contribution in [3.63, 3.8) is 0 Å². The molecule has 0 spiro atoms. The van der Waals surface area contributed by atoms with Gasteiger partial charge in [0.2, 0.25) is 0 Å². The summed E-state index contributed by atoms with van der Waals surface area (Å²) in [4.78, 5) is 16.1. The number of hydrogen-bond donors (Lipinski definition) is 0. The summed E-state index contributed by atoms with van der Waals surface area (Å²) in [5, 5.41) is 1.80. The highest BCUT2D eigenvalue weighted by Gasteiger charge is 2.06. The molecule has 104 valence electrons. The van der Waals surface area contributed by atoms with Crippen LogP contribution in [0.15, 0.2) is 69.4 Å². The quantitative estimate of drug-likeness (QED) is 0.720. The van der Waals surface area contributed by atoms with Crippen molar-refractivity contribution in [2.75, 3.05) is 0 Å². The second kappa shape index (κ2) is 5.85. The predicted molar refractivity (Wildman–Crippen MR) is 78.3 cm³/mol. The minimum atomic E-state index is -0.458. The lowest BCUT2D eigenvalue weighted by molar-refractivity contribution is 0.0995. The number of halogens is 1. The summed E-state index contributed by atoms with van der Waals surface area (Å²) in [6, 6.07) is 14.8. The summed E-state index contributed by atoms with van der Waals surface area (Å²) in [5.41, 5.74) is 1.24. The van der Waals surface area contributed by atoms with Gasteiger partial charge in [0.1, 0.15) is 11.6 Å². The zero-order chi connectivity index (χ0) is 14.7. The maximum absolute atomic E-state index is 12.8. The van der Waals surface area contributed by atoms with E-state index in [2.05, 4.69) is 4.99 Å². The first-order valence-corrected chi connectivity index (χ1v) is 7.09. The number of nitrogens with zero attached hydrogens (tertiary/aromatic N) is 1. The Labute approximate surface area is 124 Å². The molecular weight excluding hydrogens is 289 g/mol. The molecule has 1 amide bonds. The van der Waals surface area contributed by atoms with Crippen LogP contribution in [-0.4, -0.2) is 5.91 Å². The molecule has 2 aromatic carbocycles. The van der Waals surface area contributed by atoms with Gasteiger partial charge in [-0.25, -0.2) is 4.39 Å². The van der Waals surface area contributed by atoms with E-state index in [1.54, 1.807) is 5.38 Å². The van der Waals surface area contributed by atoms with Crippen LogP contribution in [0.3, 0.4) is 0 Å². The number of benzene rings is 2. The van der Waals surface area contributed by atoms with Crippen molar-refractivity contribution in [1.29, 1.82) is 0 Å². The predicted octanol–water partition coefficient (Wildman–Crippen LogP) is 3.89. The fourth-order valence-electron chi connectivity index (χ4n) is 1.76. The average Bonchev–Trinajstić information content (AvgIpc) is 2.97. The third-order valence-corrected chi connectivity index (χ3v) is 3.51. The maximum atomic E-state index is 12.8. The first-order chi connectivity index (χ1) is 10.2. The molecule has 5 heteroatoms. The fraction of sp³-hybridized carbons (Fsp3) is 0. The molecule has 3 aromatic rings. The van der Waals surface area contributed by atoms with E-state index in [-0.39, 0.29) is 4.87 Å². The monoisotopic (exact) mass is 299 g/mol. The molecule has 3 rings (SSSR count). The van der Waals surface area contributed by atoms with Crippen LogP contribution >= 0.6 is 11.3 Å². The van der Waals surface area contributed by atoms with Crippen molar-refractivity contribution in [2.45, 2.75) is 0 Å². The average molecular weight is 299 g/mol. The topological polar surface area (TPSA) is 42.6 Å². The van der Waals surface area contributed by atoms with E-state index in [0.29, 0.717) is 11.3 Å². The molecule has 1 aromatic heterocycles. The van der Waals surface area contributed by atoms with Crippen LogP contribution < -0.4 is 4.87 Å². The highest BCUT2D eigenvalue weighted by molar-refractivity contribution is 7.07. The van der Waals surface area contributed by atoms with Crippen LogP contribution in [-0.2, 0) is 0 Å². The third-order valence-electron chi connectivity index (χ3n) is 2.81. The Hall–Kier alpha value is -2.53. The molecule has 0 aliphatic heterocycles. The summed E-state index contributed by atoms with van der Waals surface area (Å²) < 4.78 is 18.4. The minimum absolute atomic E-state index is 0.267. The van der Waals surface area contributed by atoms with Gasteiger partial charge in [-0.3, -0.25) is 4.79 Å². The molecule has 1 heterocycles. The fourth-order valence-corrected chi connectivity index (χ4v) is 2.43. The maximum Gasteiger partial charge on any atom is 0.282 e. The van der Waals surface area contributed by atoms with Gasteiger partial charge in [0.15, 0.2) is 0 Å². The van der Waals surface area contributed by atoms with E-state index < -0.39 is 11.7 Å². The van der Waals surface area contributed by atoms with Gasteiger partial charge < -0.3 is 4.42 Å². The summed E-state index contributed by atoms with van der Waals surface area (Å²) in [5.74, 6) is -0.190. The lowest BCUT2D eigenvalue weighted by atomic mass is 10.2. The Kier molecular flexibility index (Phi) is 3.75. The van der Waals surface area contributed by atoms with E-state index in [0.717, 1.165) is 5.56 Å². The van der Waals surface area contributed by atoms with Crippen LogP contribution in [0, 0.1) is 5.82 Å². The smallest absolute Gasteiger partial charge is 0.282 e. The molecule has 0 unspecified atom stereocenters. The first-order valence-electron chi connectivity index (χ1n) is 6.21. The zero-order valence-electron chi connectivity index (χ0n) is 10.8. The van der Waals surface area contributed by atoms with Gasteiger partial charge in [0.05, 0.1) is 0 Å². The standard InChI is InChI=1S/C16H10FNO2S/c17-13-8-6-12(7-9-13)15(19)18-16-20-14(10-21-16)11-4-2-1-3-5-11/h1-10H. The van der Waals surface area contributed by atoms with Crippen molar-refractivity contribution in [3.05, 3.63) is 76.2 Å². The van der Waals surface area contributed by atoms with Crippen molar-refractivity contribution < 1.29 is 13.6 Å². The van der Waals surface area contributed by atoms with Gasteiger partial charge in [-0.15, -0.1) is 0 Å². The molecular formula is C16H10FNO2S. The van der Waals surface area contributed by atoms with Gasteiger partial charge >= 0.3 is 0 Å². The molecule has 0 atom stereocenters. The Morgan fingerprint density at radius 1 is 1.05 bits per heavy atom. The van der Waals surface area contributed by atoms with Crippen molar-refractivity contribution >= 4 is 17.2 Å². The Morgan fingerprint density at radius 2 is 1.76 bits per heavy atom. The summed E-state index contributed by atoms with van der Waals surface area (Å²) in [7, 11) is 0. The van der Waals surface area contributed by atoms with E-state index in [1.807, 2.05) is 30.3 Å². The number of hydrogen-bond acceptors (Lipinski definition) is 3. The lowest BCUT2D eigenvalue weighted by Crippen LogP contribution is -2.01. The molecule has 0 N–H and O–H groups in total. The number of carbonyl (C=O) groups excluding carboxylic acids is 1. The highest BCUT2D eigenvalue weighted by Crippen LogP contribution is 2.18. The third kappa shape index (κ3) is 3.14.